The summed E-state index contributed by atoms with van der Waals surface area (Å²) in [6.45, 7) is 14.1. The topological polar surface area (TPSA) is 69.7 Å². The number of likely N-dealkylation sites (N-methyl/N-ethyl adjacent to an activating group) is 2. The summed E-state index contributed by atoms with van der Waals surface area (Å²) in [7, 11) is 3.75. The Bertz CT molecular complexity index is 917. The van der Waals surface area contributed by atoms with Crippen molar-refractivity contribution in [2.24, 2.45) is 11.3 Å². The van der Waals surface area contributed by atoms with Crippen molar-refractivity contribution in [3.8, 4) is 0 Å². The fourth-order valence-corrected chi connectivity index (χ4v) is 4.78. The van der Waals surface area contributed by atoms with Gasteiger partial charge in [-0.2, -0.15) is 0 Å². The van der Waals surface area contributed by atoms with Crippen molar-refractivity contribution in [1.82, 2.24) is 15.1 Å². The number of amides is 2. The minimum Gasteiger partial charge on any atom is -0.342 e. The quantitative estimate of drug-likeness (QED) is 0.556. The molecule has 2 amide bonds. The highest BCUT2D eigenvalue weighted by Gasteiger charge is 2.40. The number of allylic oxidation sites excluding steroid dienone is 1. The van der Waals surface area contributed by atoms with Crippen molar-refractivity contribution in [3.05, 3.63) is 47.5 Å². The molecule has 35 heavy (non-hydrogen) atoms. The van der Waals surface area contributed by atoms with Gasteiger partial charge in [0.15, 0.2) is 5.78 Å². The maximum absolute atomic E-state index is 13.8. The van der Waals surface area contributed by atoms with Crippen molar-refractivity contribution in [3.63, 3.8) is 0 Å². The highest BCUT2D eigenvalue weighted by molar-refractivity contribution is 5.93. The predicted molar refractivity (Wildman–Crippen MR) is 142 cm³/mol. The average molecular weight is 484 g/mol. The summed E-state index contributed by atoms with van der Waals surface area (Å²) in [5.74, 6) is 0.178. The number of nitrogens with one attached hydrogen (secondary N) is 1. The third-order valence-corrected chi connectivity index (χ3v) is 7.30. The first-order valence-electron chi connectivity index (χ1n) is 12.8. The van der Waals surface area contributed by atoms with E-state index in [9.17, 15) is 14.4 Å². The van der Waals surface area contributed by atoms with Crippen molar-refractivity contribution in [2.75, 3.05) is 20.6 Å². The predicted octanol–water partition coefficient (Wildman–Crippen LogP) is 4.41. The SMILES string of the molecule is CC(=O)/C(C)=C/C(C(C)C)N(C)C(=O)C(NC(=O)C1CC(c2ccccc2)CCN1C)C(C)(C)C. The van der Waals surface area contributed by atoms with Gasteiger partial charge in [0, 0.05) is 7.05 Å². The Morgan fingerprint density at radius 2 is 1.71 bits per heavy atom. The normalized spacial score (nSPS) is 21.4. The number of rotatable bonds is 8. The van der Waals surface area contributed by atoms with Gasteiger partial charge in [-0.15, -0.1) is 0 Å². The lowest BCUT2D eigenvalue weighted by molar-refractivity contribution is -0.141. The van der Waals surface area contributed by atoms with Crippen LogP contribution in [0.4, 0.5) is 0 Å². The summed E-state index contributed by atoms with van der Waals surface area (Å²) in [5.41, 5.74) is 1.41. The number of hydrogen-bond donors (Lipinski definition) is 1. The number of likely N-dealkylation sites (tertiary alicyclic amines) is 1. The van der Waals surface area contributed by atoms with Crippen molar-refractivity contribution >= 4 is 17.6 Å². The minimum absolute atomic E-state index is 0.00882. The standard InChI is InChI=1S/C29H45N3O3/c1-19(2)24(17-20(3)21(4)33)32(9)28(35)26(29(5,6)7)30-27(34)25-18-23(15-16-31(25)8)22-13-11-10-12-14-22/h10-14,17,19,23-26H,15-16,18H2,1-9H3,(H,30,34)/b20-17+. The molecular formula is C29H45N3O3. The van der Waals surface area contributed by atoms with Gasteiger partial charge >= 0.3 is 0 Å². The number of piperidine rings is 1. The highest BCUT2D eigenvalue weighted by Crippen LogP contribution is 2.31. The summed E-state index contributed by atoms with van der Waals surface area (Å²) in [4.78, 5) is 42.9. The van der Waals surface area contributed by atoms with E-state index in [2.05, 4.69) is 22.3 Å². The van der Waals surface area contributed by atoms with Crippen LogP contribution in [0.15, 0.2) is 42.0 Å². The van der Waals surface area contributed by atoms with E-state index < -0.39 is 11.5 Å². The van der Waals surface area contributed by atoms with Crippen molar-refractivity contribution < 1.29 is 14.4 Å². The number of carbonyl (C=O) groups is 3. The fraction of sp³-hybridized carbons (Fsp3) is 0.621. The largest absolute Gasteiger partial charge is 0.342 e. The van der Waals surface area contributed by atoms with Crippen LogP contribution in [0.2, 0.25) is 0 Å². The van der Waals surface area contributed by atoms with E-state index in [1.165, 1.54) is 12.5 Å². The molecule has 1 aromatic carbocycles. The Morgan fingerprint density at radius 3 is 2.23 bits per heavy atom. The van der Waals surface area contributed by atoms with Gasteiger partial charge < -0.3 is 10.2 Å². The van der Waals surface area contributed by atoms with Gasteiger partial charge in [0.2, 0.25) is 11.8 Å². The number of carbonyl (C=O) groups excluding carboxylic acids is 3. The molecule has 0 spiro atoms. The molecule has 0 aliphatic carbocycles. The molecule has 1 aliphatic rings. The maximum Gasteiger partial charge on any atom is 0.245 e. The van der Waals surface area contributed by atoms with Gasteiger partial charge in [-0.1, -0.05) is 71.0 Å². The maximum atomic E-state index is 13.8. The average Bonchev–Trinajstić information content (AvgIpc) is 2.79. The Morgan fingerprint density at radius 1 is 1.11 bits per heavy atom. The van der Waals surface area contributed by atoms with E-state index in [0.29, 0.717) is 11.5 Å². The third kappa shape index (κ3) is 7.50. The highest BCUT2D eigenvalue weighted by atomic mass is 16.2. The molecule has 194 valence electrons. The van der Waals surface area contributed by atoms with Gasteiger partial charge in [0.05, 0.1) is 12.1 Å². The van der Waals surface area contributed by atoms with Gasteiger partial charge in [-0.3, -0.25) is 19.3 Å². The summed E-state index contributed by atoms with van der Waals surface area (Å²) in [6.07, 6.45) is 3.60. The first kappa shape index (κ1) is 28.8. The molecule has 1 saturated heterocycles. The van der Waals surface area contributed by atoms with Crippen LogP contribution in [0.1, 0.15) is 72.8 Å². The second-order valence-corrected chi connectivity index (χ2v) is 11.5. The molecule has 1 aromatic rings. The zero-order valence-electron chi connectivity index (χ0n) is 23.1. The van der Waals surface area contributed by atoms with Crippen LogP contribution in [0.25, 0.3) is 0 Å². The molecule has 1 aliphatic heterocycles. The fourth-order valence-electron chi connectivity index (χ4n) is 4.78. The lowest BCUT2D eigenvalue weighted by Gasteiger charge is -2.40. The molecule has 4 unspecified atom stereocenters. The Labute approximate surface area is 212 Å². The minimum atomic E-state index is -0.683. The molecule has 6 heteroatoms. The second kappa shape index (κ2) is 12.0. The number of nitrogens with zero attached hydrogens (tertiary/aromatic N) is 2. The van der Waals surface area contributed by atoms with E-state index in [1.54, 1.807) is 18.9 Å². The van der Waals surface area contributed by atoms with E-state index in [0.717, 1.165) is 19.4 Å². The molecule has 2 rings (SSSR count). The second-order valence-electron chi connectivity index (χ2n) is 11.5. The molecule has 6 nitrogen and oxygen atoms in total. The molecule has 0 saturated carbocycles. The van der Waals surface area contributed by atoms with Crippen LogP contribution in [0, 0.1) is 11.3 Å². The zero-order valence-corrected chi connectivity index (χ0v) is 23.1. The van der Waals surface area contributed by atoms with Crippen LogP contribution in [0.3, 0.4) is 0 Å². The van der Waals surface area contributed by atoms with Crippen LogP contribution in [-0.2, 0) is 14.4 Å². The molecule has 1 N–H and O–H groups in total. The van der Waals surface area contributed by atoms with Gasteiger partial charge in [-0.05, 0) is 68.7 Å². The number of ketones is 1. The summed E-state index contributed by atoms with van der Waals surface area (Å²) in [6, 6.07) is 9.13. The summed E-state index contributed by atoms with van der Waals surface area (Å²) in [5, 5.41) is 3.12. The molecule has 1 heterocycles. The summed E-state index contributed by atoms with van der Waals surface area (Å²) >= 11 is 0. The molecule has 0 radical (unpaired) electrons. The molecule has 0 bridgehead atoms. The third-order valence-electron chi connectivity index (χ3n) is 7.30. The van der Waals surface area contributed by atoms with Crippen LogP contribution in [-0.4, -0.2) is 66.2 Å². The van der Waals surface area contributed by atoms with E-state index in [1.807, 2.05) is 65.9 Å². The number of hydrogen-bond acceptors (Lipinski definition) is 4. The molecular weight excluding hydrogens is 438 g/mol. The lowest BCUT2D eigenvalue weighted by Crippen LogP contribution is -2.60. The monoisotopic (exact) mass is 483 g/mol. The van der Waals surface area contributed by atoms with Gasteiger partial charge in [-0.25, -0.2) is 0 Å². The molecule has 0 aromatic heterocycles. The summed E-state index contributed by atoms with van der Waals surface area (Å²) < 4.78 is 0. The van der Waals surface area contributed by atoms with Crippen LogP contribution >= 0.6 is 0 Å². The lowest BCUT2D eigenvalue weighted by atomic mass is 9.83. The Kier molecular flexibility index (Phi) is 9.85. The number of benzene rings is 1. The van der Waals surface area contributed by atoms with E-state index in [4.69, 9.17) is 0 Å². The Hall–Kier alpha value is -2.47. The van der Waals surface area contributed by atoms with Crippen molar-refractivity contribution in [2.45, 2.75) is 85.4 Å². The smallest absolute Gasteiger partial charge is 0.245 e. The van der Waals surface area contributed by atoms with Crippen LogP contribution < -0.4 is 5.32 Å². The Balaban J connectivity index is 2.25. The first-order valence-corrected chi connectivity index (χ1v) is 12.8. The molecule has 1 fully saturated rings. The number of Topliss-reactive ketones (excluding diaryl/α,β-unsaturated/α-hetero) is 1. The van der Waals surface area contributed by atoms with Gasteiger partial charge in [0.25, 0.3) is 0 Å². The van der Waals surface area contributed by atoms with Gasteiger partial charge in [0.1, 0.15) is 6.04 Å². The molecule has 4 atom stereocenters. The first-order chi connectivity index (χ1) is 16.2. The zero-order chi connectivity index (χ0) is 26.5. The van der Waals surface area contributed by atoms with E-state index in [-0.39, 0.29) is 35.6 Å². The van der Waals surface area contributed by atoms with Crippen molar-refractivity contribution in [1.29, 1.82) is 0 Å². The van der Waals surface area contributed by atoms with E-state index >= 15 is 0 Å². The van der Waals surface area contributed by atoms with Crippen LogP contribution in [0.5, 0.6) is 0 Å².